The molecule has 0 heterocycles. The first-order valence-electron chi connectivity index (χ1n) is 3.64. The van der Waals surface area contributed by atoms with Crippen LogP contribution in [0.15, 0.2) is 0 Å². The van der Waals surface area contributed by atoms with Gasteiger partial charge in [-0.25, -0.2) is 0 Å². The highest BCUT2D eigenvalue weighted by atomic mass is 16.3. The van der Waals surface area contributed by atoms with E-state index in [-0.39, 0.29) is 18.6 Å². The molecule has 1 atom stereocenters. The zero-order valence-electron chi connectivity index (χ0n) is 7.29. The maximum Gasteiger partial charge on any atom is 0.237 e. The zero-order valence-corrected chi connectivity index (χ0v) is 7.29. The Balaban J connectivity index is 3.64. The van der Waals surface area contributed by atoms with Gasteiger partial charge in [-0.15, -0.1) is 0 Å². The molecule has 0 spiro atoms. The maximum absolute atomic E-state index is 11.1. The minimum absolute atomic E-state index is 0.00805. The van der Waals surface area contributed by atoms with E-state index < -0.39 is 0 Å². The fraction of sp³-hybridized carbons (Fsp3) is 0.857. The van der Waals surface area contributed by atoms with E-state index in [9.17, 15) is 4.79 Å². The Morgan fingerprint density at radius 3 is 2.55 bits per heavy atom. The molecule has 0 aromatic heterocycles. The Labute approximate surface area is 67.2 Å². The van der Waals surface area contributed by atoms with Gasteiger partial charge in [0.25, 0.3) is 0 Å². The van der Waals surface area contributed by atoms with Crippen molar-refractivity contribution in [1.82, 2.24) is 10.2 Å². The van der Waals surface area contributed by atoms with Gasteiger partial charge in [0.2, 0.25) is 5.91 Å². The summed E-state index contributed by atoms with van der Waals surface area (Å²) in [6.07, 6.45) is 0. The van der Waals surface area contributed by atoms with Crippen molar-refractivity contribution in [3.05, 3.63) is 0 Å². The molecule has 0 aliphatic rings. The summed E-state index contributed by atoms with van der Waals surface area (Å²) in [6, 6.07) is -0.137. The number of nitrogens with zero attached hydrogens (tertiary/aromatic N) is 1. The van der Waals surface area contributed by atoms with Crippen LogP contribution in [0, 0.1) is 0 Å². The molecule has 4 heteroatoms. The Morgan fingerprint density at radius 2 is 2.18 bits per heavy atom. The number of rotatable bonds is 4. The number of carbonyl (C=O) groups is 1. The van der Waals surface area contributed by atoms with Gasteiger partial charge in [-0.05, 0) is 21.0 Å². The minimum atomic E-state index is -0.137. The van der Waals surface area contributed by atoms with Crippen LogP contribution in [-0.2, 0) is 4.79 Å². The monoisotopic (exact) mass is 160 g/mol. The molecular weight excluding hydrogens is 144 g/mol. The summed E-state index contributed by atoms with van der Waals surface area (Å²) in [6.45, 7) is 2.13. The van der Waals surface area contributed by atoms with Crippen molar-refractivity contribution >= 4 is 5.91 Å². The molecule has 0 aromatic carbocycles. The van der Waals surface area contributed by atoms with Crippen molar-refractivity contribution in [3.8, 4) is 0 Å². The van der Waals surface area contributed by atoms with E-state index in [0.29, 0.717) is 6.54 Å². The second-order valence-electron chi connectivity index (χ2n) is 2.65. The summed E-state index contributed by atoms with van der Waals surface area (Å²) < 4.78 is 0. The summed E-state index contributed by atoms with van der Waals surface area (Å²) in [5.41, 5.74) is 0. The summed E-state index contributed by atoms with van der Waals surface area (Å²) in [4.78, 5) is 12.9. The third-order valence-electron chi connectivity index (χ3n) is 1.57. The lowest BCUT2D eigenvalue weighted by Crippen LogP contribution is -2.42. The van der Waals surface area contributed by atoms with Crippen LogP contribution in [0.1, 0.15) is 6.92 Å². The lowest BCUT2D eigenvalue weighted by molar-refractivity contribution is -0.125. The van der Waals surface area contributed by atoms with E-state index in [4.69, 9.17) is 5.11 Å². The number of likely N-dealkylation sites (N-methyl/N-ethyl adjacent to an activating group) is 1. The van der Waals surface area contributed by atoms with Gasteiger partial charge in [0.05, 0.1) is 12.6 Å². The summed E-state index contributed by atoms with van der Waals surface area (Å²) in [5, 5.41) is 11.0. The van der Waals surface area contributed by atoms with Gasteiger partial charge < -0.3 is 10.4 Å². The number of hydrogen-bond acceptors (Lipinski definition) is 3. The number of amides is 1. The zero-order chi connectivity index (χ0) is 8.85. The molecule has 66 valence electrons. The number of hydrogen-bond donors (Lipinski definition) is 2. The molecule has 0 saturated carbocycles. The predicted octanol–water partition coefficient (Wildman–Crippen LogP) is -0.955. The molecule has 0 bridgehead atoms. The highest BCUT2D eigenvalue weighted by molar-refractivity contribution is 5.81. The van der Waals surface area contributed by atoms with E-state index in [0.717, 1.165) is 0 Å². The summed E-state index contributed by atoms with van der Waals surface area (Å²) in [7, 11) is 3.67. The number of carbonyl (C=O) groups excluding carboxylic acids is 1. The molecule has 0 rings (SSSR count). The second-order valence-corrected chi connectivity index (χ2v) is 2.65. The van der Waals surface area contributed by atoms with Crippen molar-refractivity contribution in [3.63, 3.8) is 0 Å². The van der Waals surface area contributed by atoms with E-state index in [1.807, 2.05) is 25.9 Å². The third kappa shape index (κ3) is 3.95. The molecule has 0 aromatic rings. The van der Waals surface area contributed by atoms with Crippen LogP contribution in [0.3, 0.4) is 0 Å². The fourth-order valence-electron chi connectivity index (χ4n) is 0.561. The van der Waals surface area contributed by atoms with Crippen molar-refractivity contribution < 1.29 is 9.90 Å². The van der Waals surface area contributed by atoms with E-state index in [1.165, 1.54) is 0 Å². The molecule has 0 saturated heterocycles. The standard InChI is InChI=1S/C7H16N2O2/c1-6(9(2)3)7(11)8-4-5-10/h6,10H,4-5H2,1-3H3,(H,8,11)/t6-/m1/s1. The lowest BCUT2D eigenvalue weighted by Gasteiger charge is -2.18. The Kier molecular flexibility index (Phi) is 4.81. The average molecular weight is 160 g/mol. The van der Waals surface area contributed by atoms with Gasteiger partial charge >= 0.3 is 0 Å². The van der Waals surface area contributed by atoms with Gasteiger partial charge in [-0.2, -0.15) is 0 Å². The molecule has 2 N–H and O–H groups in total. The second kappa shape index (κ2) is 5.09. The smallest absolute Gasteiger partial charge is 0.237 e. The molecule has 0 aliphatic heterocycles. The number of aliphatic hydroxyl groups is 1. The molecular formula is C7H16N2O2. The first kappa shape index (κ1) is 10.4. The first-order chi connectivity index (χ1) is 5.09. The van der Waals surface area contributed by atoms with Gasteiger partial charge in [-0.3, -0.25) is 9.69 Å². The third-order valence-corrected chi connectivity index (χ3v) is 1.57. The summed E-state index contributed by atoms with van der Waals surface area (Å²) in [5.74, 6) is -0.0518. The largest absolute Gasteiger partial charge is 0.395 e. The first-order valence-corrected chi connectivity index (χ1v) is 3.64. The van der Waals surface area contributed by atoms with Gasteiger partial charge in [0.1, 0.15) is 0 Å². The van der Waals surface area contributed by atoms with E-state index >= 15 is 0 Å². The van der Waals surface area contributed by atoms with Crippen molar-refractivity contribution in [2.45, 2.75) is 13.0 Å². The highest BCUT2D eigenvalue weighted by Crippen LogP contribution is 1.89. The predicted molar refractivity (Wildman–Crippen MR) is 43.2 cm³/mol. The fourth-order valence-corrected chi connectivity index (χ4v) is 0.561. The lowest BCUT2D eigenvalue weighted by atomic mass is 10.3. The molecule has 0 fully saturated rings. The molecule has 4 nitrogen and oxygen atoms in total. The minimum Gasteiger partial charge on any atom is -0.395 e. The van der Waals surface area contributed by atoms with Crippen LogP contribution in [0.5, 0.6) is 0 Å². The van der Waals surface area contributed by atoms with Crippen LogP contribution in [-0.4, -0.2) is 49.2 Å². The van der Waals surface area contributed by atoms with Gasteiger partial charge in [0.15, 0.2) is 0 Å². The molecule has 0 aliphatic carbocycles. The molecule has 0 unspecified atom stereocenters. The van der Waals surface area contributed by atoms with E-state index in [2.05, 4.69) is 5.32 Å². The van der Waals surface area contributed by atoms with Crippen LogP contribution < -0.4 is 5.32 Å². The van der Waals surface area contributed by atoms with Crippen molar-refractivity contribution in [2.75, 3.05) is 27.2 Å². The van der Waals surface area contributed by atoms with Crippen molar-refractivity contribution in [1.29, 1.82) is 0 Å². The number of aliphatic hydroxyl groups excluding tert-OH is 1. The number of nitrogens with one attached hydrogen (secondary N) is 1. The van der Waals surface area contributed by atoms with Crippen LogP contribution in [0.25, 0.3) is 0 Å². The van der Waals surface area contributed by atoms with Crippen molar-refractivity contribution in [2.24, 2.45) is 0 Å². The van der Waals surface area contributed by atoms with Gasteiger partial charge in [-0.1, -0.05) is 0 Å². The maximum atomic E-state index is 11.1. The Hall–Kier alpha value is -0.610. The normalized spacial score (nSPS) is 13.2. The topological polar surface area (TPSA) is 52.6 Å². The quantitative estimate of drug-likeness (QED) is 0.557. The molecule has 1 amide bonds. The molecule has 0 radical (unpaired) electrons. The average Bonchev–Trinajstić information content (AvgIpc) is 1.98. The summed E-state index contributed by atoms with van der Waals surface area (Å²) >= 11 is 0. The van der Waals surface area contributed by atoms with Gasteiger partial charge in [0, 0.05) is 6.54 Å². The highest BCUT2D eigenvalue weighted by Gasteiger charge is 2.12. The Morgan fingerprint density at radius 1 is 1.64 bits per heavy atom. The van der Waals surface area contributed by atoms with Crippen LogP contribution in [0.2, 0.25) is 0 Å². The SMILES string of the molecule is C[C@H](C(=O)NCCO)N(C)C. The van der Waals surface area contributed by atoms with Crippen LogP contribution >= 0.6 is 0 Å². The molecule has 11 heavy (non-hydrogen) atoms. The van der Waals surface area contributed by atoms with E-state index in [1.54, 1.807) is 0 Å². The van der Waals surface area contributed by atoms with Crippen LogP contribution in [0.4, 0.5) is 0 Å². The Bertz CT molecular complexity index is 126.